The monoisotopic (exact) mass is 490 g/mol. The molecule has 1 aromatic heterocycles. The van der Waals surface area contributed by atoms with Gasteiger partial charge in [0.1, 0.15) is 12.1 Å². The van der Waals surface area contributed by atoms with Crippen molar-refractivity contribution >= 4 is 38.8 Å². The summed E-state index contributed by atoms with van der Waals surface area (Å²) in [6.45, 7) is 4.61. The molecule has 3 heterocycles. The van der Waals surface area contributed by atoms with Crippen LogP contribution >= 0.6 is 0 Å². The zero-order valence-corrected chi connectivity index (χ0v) is 20.1. The molecule has 10 heteroatoms. The van der Waals surface area contributed by atoms with E-state index in [4.69, 9.17) is 0 Å². The van der Waals surface area contributed by atoms with Crippen LogP contribution in [0.1, 0.15) is 24.8 Å². The van der Waals surface area contributed by atoms with Crippen LogP contribution in [0.4, 0.5) is 17.2 Å². The van der Waals surface area contributed by atoms with Crippen LogP contribution in [-0.2, 0) is 14.8 Å². The van der Waals surface area contributed by atoms with Crippen molar-refractivity contribution in [2.45, 2.75) is 24.2 Å². The third-order valence-corrected chi connectivity index (χ3v) is 7.83. The molecule has 0 aliphatic carbocycles. The number of carbonyl (C=O) groups is 1. The first-order valence-corrected chi connectivity index (χ1v) is 12.9. The molecule has 3 aromatic rings. The number of benzene rings is 2. The number of piperazine rings is 1. The van der Waals surface area contributed by atoms with E-state index in [9.17, 15) is 13.2 Å². The second-order valence-electron chi connectivity index (χ2n) is 8.63. The summed E-state index contributed by atoms with van der Waals surface area (Å²) in [5, 5.41) is 0. The fourth-order valence-electron chi connectivity index (χ4n) is 4.54. The van der Waals surface area contributed by atoms with Crippen molar-refractivity contribution in [2.24, 2.45) is 4.99 Å². The largest absolute Gasteiger partial charge is 0.368 e. The zero-order valence-electron chi connectivity index (χ0n) is 19.3. The number of rotatable bonds is 6. The maximum absolute atomic E-state index is 13.0. The third-order valence-electron chi connectivity index (χ3n) is 6.46. The molecule has 0 spiro atoms. The van der Waals surface area contributed by atoms with Crippen LogP contribution in [0.2, 0.25) is 0 Å². The van der Waals surface area contributed by atoms with Crippen LogP contribution in [0, 0.1) is 0 Å². The number of nitrogens with one attached hydrogen (secondary N) is 1. The quantitative estimate of drug-likeness (QED) is 0.569. The Hall–Kier alpha value is -3.79. The summed E-state index contributed by atoms with van der Waals surface area (Å²) in [5.74, 6) is 0.396. The molecule has 2 aromatic carbocycles. The van der Waals surface area contributed by atoms with Gasteiger partial charge in [0.25, 0.3) is 10.0 Å². The van der Waals surface area contributed by atoms with Crippen LogP contribution in [0.3, 0.4) is 0 Å². The zero-order chi connectivity index (χ0) is 24.4. The smallest absolute Gasteiger partial charge is 0.263 e. The number of fused-ring (bicyclic) bond motifs is 1. The first kappa shape index (κ1) is 23.0. The van der Waals surface area contributed by atoms with Crippen LogP contribution in [0.5, 0.6) is 0 Å². The fraction of sp³-hybridized carbons (Fsp3) is 0.280. The molecule has 1 unspecified atom stereocenters. The molecule has 0 saturated carbocycles. The predicted octanol–water partition coefficient (Wildman–Crippen LogP) is 3.21. The second-order valence-corrected chi connectivity index (χ2v) is 10.3. The van der Waals surface area contributed by atoms with Crippen molar-refractivity contribution in [3.05, 3.63) is 72.7 Å². The molecule has 2 aliphatic rings. The Morgan fingerprint density at radius 3 is 2.49 bits per heavy atom. The lowest BCUT2D eigenvalue weighted by Crippen LogP contribution is -2.49. The molecule has 1 fully saturated rings. The van der Waals surface area contributed by atoms with Crippen LogP contribution in [0.15, 0.2) is 77.0 Å². The van der Waals surface area contributed by atoms with Crippen LogP contribution in [0.25, 0.3) is 0 Å². The Kier molecular flexibility index (Phi) is 6.21. The lowest BCUT2D eigenvalue weighted by Gasteiger charge is -2.36. The van der Waals surface area contributed by atoms with E-state index in [1.54, 1.807) is 24.3 Å². The Balaban J connectivity index is 1.18. The minimum atomic E-state index is -3.74. The molecule has 180 valence electrons. The molecule has 5 rings (SSSR count). The van der Waals surface area contributed by atoms with Gasteiger partial charge in [0.15, 0.2) is 0 Å². The highest BCUT2D eigenvalue weighted by Crippen LogP contribution is 2.37. The number of para-hydroxylation sites is 1. The molecule has 1 amide bonds. The van der Waals surface area contributed by atoms with E-state index in [0.717, 1.165) is 22.6 Å². The van der Waals surface area contributed by atoms with Crippen molar-refractivity contribution < 1.29 is 13.2 Å². The van der Waals surface area contributed by atoms with Gasteiger partial charge >= 0.3 is 0 Å². The topological polar surface area (TPSA) is 108 Å². The first-order chi connectivity index (χ1) is 16.9. The minimum Gasteiger partial charge on any atom is -0.368 e. The van der Waals surface area contributed by atoms with Gasteiger partial charge < -0.3 is 9.80 Å². The summed E-state index contributed by atoms with van der Waals surface area (Å²) in [5.41, 5.74) is 4.00. The third kappa shape index (κ3) is 4.88. The molecular weight excluding hydrogens is 464 g/mol. The average molecular weight is 491 g/mol. The van der Waals surface area contributed by atoms with Crippen molar-refractivity contribution in [1.82, 2.24) is 14.9 Å². The van der Waals surface area contributed by atoms with E-state index < -0.39 is 10.0 Å². The Morgan fingerprint density at radius 1 is 1.03 bits per heavy atom. The fourth-order valence-corrected chi connectivity index (χ4v) is 5.54. The number of sulfonamides is 1. The maximum atomic E-state index is 13.0. The number of hydrogen-bond acceptors (Lipinski definition) is 7. The molecular formula is C25H26N6O3S. The molecule has 1 atom stereocenters. The summed E-state index contributed by atoms with van der Waals surface area (Å²) >= 11 is 0. The molecule has 0 radical (unpaired) electrons. The van der Waals surface area contributed by atoms with Gasteiger partial charge in [0, 0.05) is 56.1 Å². The highest BCUT2D eigenvalue weighted by Gasteiger charge is 2.29. The normalized spacial score (nSPS) is 17.6. The standard InChI is InChI=1S/C25H26N6O3S/c1-18-22(21-4-2-3-5-23(21)28-18)16-25(32)31-14-12-30(13-15-31)19-6-8-20(9-7-19)35(33,34)29-24-10-11-26-17-27-24/h2-11,17,22H,12-16H2,1H3,(H,26,27,29). The molecule has 0 bridgehead atoms. The Morgan fingerprint density at radius 2 is 1.77 bits per heavy atom. The molecule has 35 heavy (non-hydrogen) atoms. The van der Waals surface area contributed by atoms with Gasteiger partial charge in [0.2, 0.25) is 5.91 Å². The van der Waals surface area contributed by atoms with E-state index in [1.807, 2.05) is 30.0 Å². The van der Waals surface area contributed by atoms with Gasteiger partial charge in [-0.15, -0.1) is 0 Å². The maximum Gasteiger partial charge on any atom is 0.263 e. The van der Waals surface area contributed by atoms with Gasteiger partial charge in [-0.3, -0.25) is 14.5 Å². The molecule has 1 N–H and O–H groups in total. The van der Waals surface area contributed by atoms with Crippen molar-refractivity contribution in [2.75, 3.05) is 35.8 Å². The first-order valence-electron chi connectivity index (χ1n) is 11.5. The van der Waals surface area contributed by atoms with E-state index in [2.05, 4.69) is 30.6 Å². The molecule has 1 saturated heterocycles. The number of hydrogen-bond donors (Lipinski definition) is 1. The SMILES string of the molecule is CC1=Nc2ccccc2C1CC(=O)N1CCN(c2ccc(S(=O)(=O)Nc3ccncn3)cc2)CC1. The highest BCUT2D eigenvalue weighted by molar-refractivity contribution is 7.92. The van der Waals surface area contributed by atoms with Crippen molar-refractivity contribution in [1.29, 1.82) is 0 Å². The molecule has 2 aliphatic heterocycles. The number of carbonyl (C=O) groups excluding carboxylic acids is 1. The summed E-state index contributed by atoms with van der Waals surface area (Å²) in [4.78, 5) is 29.6. The summed E-state index contributed by atoms with van der Waals surface area (Å²) in [6.07, 6.45) is 3.19. The van der Waals surface area contributed by atoms with E-state index >= 15 is 0 Å². The number of aliphatic imine (C=N–C) groups is 1. The lowest BCUT2D eigenvalue weighted by atomic mass is 9.92. The number of amides is 1. The van der Waals surface area contributed by atoms with Gasteiger partial charge in [0.05, 0.1) is 10.6 Å². The lowest BCUT2D eigenvalue weighted by molar-refractivity contribution is -0.131. The average Bonchev–Trinajstić information content (AvgIpc) is 3.19. The summed E-state index contributed by atoms with van der Waals surface area (Å²) < 4.78 is 27.7. The van der Waals surface area contributed by atoms with Gasteiger partial charge in [-0.2, -0.15) is 0 Å². The van der Waals surface area contributed by atoms with Crippen molar-refractivity contribution in [3.8, 4) is 0 Å². The van der Waals surface area contributed by atoms with E-state index in [0.29, 0.717) is 32.6 Å². The van der Waals surface area contributed by atoms with Gasteiger partial charge in [-0.25, -0.2) is 18.4 Å². The highest BCUT2D eigenvalue weighted by atomic mass is 32.2. The summed E-state index contributed by atoms with van der Waals surface area (Å²) in [6, 6.07) is 16.2. The Bertz CT molecular complexity index is 1350. The van der Waals surface area contributed by atoms with Crippen LogP contribution < -0.4 is 9.62 Å². The number of aromatic nitrogens is 2. The Labute approximate surface area is 204 Å². The van der Waals surface area contributed by atoms with Gasteiger partial charge in [-0.05, 0) is 48.9 Å². The second kappa shape index (κ2) is 9.46. The van der Waals surface area contributed by atoms with Crippen LogP contribution in [-0.4, -0.2) is 61.1 Å². The number of anilines is 2. The summed E-state index contributed by atoms with van der Waals surface area (Å²) in [7, 11) is -3.74. The van der Waals surface area contributed by atoms with Gasteiger partial charge in [-0.1, -0.05) is 18.2 Å². The number of nitrogens with zero attached hydrogens (tertiary/aromatic N) is 5. The van der Waals surface area contributed by atoms with Crippen molar-refractivity contribution in [3.63, 3.8) is 0 Å². The molecule has 9 nitrogen and oxygen atoms in total. The van der Waals surface area contributed by atoms with E-state index in [1.165, 1.54) is 18.6 Å². The predicted molar refractivity (Wildman–Crippen MR) is 135 cm³/mol. The minimum absolute atomic E-state index is 0.0437. The van der Waals surface area contributed by atoms with E-state index in [-0.39, 0.29) is 22.5 Å².